The smallest absolute Gasteiger partial charge is 0.395 e. The molecule has 1 aliphatic rings. The Bertz CT molecular complexity index is 830. The first-order valence-corrected chi connectivity index (χ1v) is 8.37. The van der Waals surface area contributed by atoms with Gasteiger partial charge in [0.15, 0.2) is 11.5 Å². The third-order valence-corrected chi connectivity index (χ3v) is 6.42. The summed E-state index contributed by atoms with van der Waals surface area (Å²) in [7, 11) is -0.635. The van der Waals surface area contributed by atoms with Crippen molar-refractivity contribution < 1.29 is 26.7 Å². The minimum atomic E-state index is -3.67. The van der Waals surface area contributed by atoms with Crippen molar-refractivity contribution in [3.05, 3.63) is 30.3 Å². The van der Waals surface area contributed by atoms with E-state index >= 15 is 0 Å². The van der Waals surface area contributed by atoms with E-state index < -0.39 is 16.3 Å². The number of hydrogen-bond acceptors (Lipinski definition) is 5. The minimum absolute atomic E-state index is 0.0496. The lowest BCUT2D eigenvalue weighted by atomic mass is 10.2. The van der Waals surface area contributed by atoms with E-state index in [9.17, 15) is 17.2 Å². The van der Waals surface area contributed by atoms with Crippen LogP contribution in [0.4, 0.5) is 8.78 Å². The van der Waals surface area contributed by atoms with Gasteiger partial charge < -0.3 is 9.47 Å². The van der Waals surface area contributed by atoms with Crippen molar-refractivity contribution >= 4 is 21.4 Å². The second-order valence-electron chi connectivity index (χ2n) is 4.74. The molecular weight excluding hydrogens is 336 g/mol. The number of alkyl halides is 2. The number of ether oxygens (including phenoxy) is 2. The molecule has 0 fully saturated rings. The van der Waals surface area contributed by atoms with Gasteiger partial charge in [-0.2, -0.15) is 0 Å². The van der Waals surface area contributed by atoms with E-state index in [1.807, 2.05) is 0 Å². The van der Waals surface area contributed by atoms with E-state index in [4.69, 9.17) is 0 Å². The van der Waals surface area contributed by atoms with Gasteiger partial charge >= 0.3 is 6.29 Å². The number of nitrogens with zero attached hydrogens (tertiary/aromatic N) is 1. The lowest BCUT2D eigenvalue weighted by molar-refractivity contribution is -0.286. The highest BCUT2D eigenvalue weighted by Crippen LogP contribution is 2.44. The number of thiophene rings is 1. The lowest BCUT2D eigenvalue weighted by Gasteiger charge is -2.08. The van der Waals surface area contributed by atoms with Crippen LogP contribution in [0.2, 0.25) is 0 Å². The van der Waals surface area contributed by atoms with Crippen LogP contribution in [-0.4, -0.2) is 33.1 Å². The Morgan fingerprint density at radius 2 is 1.77 bits per heavy atom. The summed E-state index contributed by atoms with van der Waals surface area (Å²) in [4.78, 5) is 0.627. The van der Waals surface area contributed by atoms with Gasteiger partial charge in [-0.1, -0.05) is 0 Å². The van der Waals surface area contributed by atoms with Gasteiger partial charge in [-0.15, -0.1) is 20.1 Å². The Labute approximate surface area is 129 Å². The average Bonchev–Trinajstić information content (AvgIpc) is 3.00. The second-order valence-corrected chi connectivity index (χ2v) is 8.20. The van der Waals surface area contributed by atoms with Crippen molar-refractivity contribution in [2.24, 2.45) is 0 Å². The van der Waals surface area contributed by atoms with E-state index in [0.717, 1.165) is 15.6 Å². The van der Waals surface area contributed by atoms with Crippen LogP contribution in [0.5, 0.6) is 11.5 Å². The summed E-state index contributed by atoms with van der Waals surface area (Å²) in [6, 6.07) is 7.44. The van der Waals surface area contributed by atoms with Crippen LogP contribution in [0.15, 0.2) is 34.5 Å². The van der Waals surface area contributed by atoms with Gasteiger partial charge in [0.05, 0.1) is 0 Å². The molecule has 1 aromatic carbocycles. The first-order valence-electron chi connectivity index (χ1n) is 6.12. The maximum absolute atomic E-state index is 13.0. The number of rotatable bonds is 3. The van der Waals surface area contributed by atoms with Crippen LogP contribution >= 0.6 is 11.3 Å². The molecule has 0 saturated carbocycles. The summed E-state index contributed by atoms with van der Waals surface area (Å²) < 4.78 is 60.1. The molecule has 5 nitrogen and oxygen atoms in total. The second kappa shape index (κ2) is 4.90. The van der Waals surface area contributed by atoms with Crippen LogP contribution in [0.3, 0.4) is 0 Å². The van der Waals surface area contributed by atoms with Gasteiger partial charge in [-0.05, 0) is 35.9 Å². The SMILES string of the molecule is CN(C)S(=O)(=O)c1ccc(-c2ccc3c(c2)OC(F)(F)O3)s1. The van der Waals surface area contributed by atoms with Gasteiger partial charge in [0.2, 0.25) is 0 Å². The predicted octanol–water partition coefficient (Wildman–Crippen LogP) is 2.99. The molecule has 118 valence electrons. The summed E-state index contributed by atoms with van der Waals surface area (Å²) in [5.41, 5.74) is 0.574. The lowest BCUT2D eigenvalue weighted by Crippen LogP contribution is -2.25. The molecule has 0 amide bonds. The fourth-order valence-electron chi connectivity index (χ4n) is 1.90. The van der Waals surface area contributed by atoms with Crippen LogP contribution in [0, 0.1) is 0 Å². The van der Waals surface area contributed by atoms with Crippen LogP contribution < -0.4 is 9.47 Å². The molecule has 0 radical (unpaired) electrons. The quantitative estimate of drug-likeness (QED) is 0.857. The monoisotopic (exact) mass is 347 g/mol. The Balaban J connectivity index is 1.96. The fourth-order valence-corrected chi connectivity index (χ4v) is 4.37. The third kappa shape index (κ3) is 2.55. The summed E-state index contributed by atoms with van der Waals surface area (Å²) in [6.07, 6.45) is -3.67. The van der Waals surface area contributed by atoms with Crippen LogP contribution in [-0.2, 0) is 10.0 Å². The highest BCUT2D eigenvalue weighted by atomic mass is 32.2. The van der Waals surface area contributed by atoms with Crippen molar-refractivity contribution in [2.45, 2.75) is 10.5 Å². The average molecular weight is 347 g/mol. The van der Waals surface area contributed by atoms with Crippen molar-refractivity contribution in [1.29, 1.82) is 0 Å². The van der Waals surface area contributed by atoms with Gasteiger partial charge in [-0.3, -0.25) is 0 Å². The molecule has 3 rings (SSSR count). The molecule has 0 bridgehead atoms. The van der Waals surface area contributed by atoms with E-state index in [1.54, 1.807) is 12.1 Å². The zero-order valence-electron chi connectivity index (χ0n) is 11.5. The predicted molar refractivity (Wildman–Crippen MR) is 76.8 cm³/mol. The standard InChI is InChI=1S/C13H11F2NO4S2/c1-16(2)22(17,18)12-6-5-11(21-12)8-3-4-9-10(7-8)20-13(14,15)19-9/h3-7H,1-2H3. The number of sulfonamides is 1. The first kappa shape index (κ1) is 15.2. The molecule has 0 unspecified atom stereocenters. The summed E-state index contributed by atoms with van der Waals surface area (Å²) >= 11 is 1.05. The number of hydrogen-bond donors (Lipinski definition) is 0. The fraction of sp³-hybridized carbons (Fsp3) is 0.231. The van der Waals surface area contributed by atoms with Gasteiger partial charge in [0.25, 0.3) is 10.0 Å². The maximum Gasteiger partial charge on any atom is 0.586 e. The third-order valence-electron chi connectivity index (χ3n) is 3.00. The van der Waals surface area contributed by atoms with Crippen LogP contribution in [0.25, 0.3) is 10.4 Å². The minimum Gasteiger partial charge on any atom is -0.395 e. The van der Waals surface area contributed by atoms with Gasteiger partial charge in [0.1, 0.15) is 4.21 Å². The van der Waals surface area contributed by atoms with Crippen molar-refractivity contribution in [3.8, 4) is 21.9 Å². The van der Waals surface area contributed by atoms with Crippen molar-refractivity contribution in [3.63, 3.8) is 0 Å². The highest BCUT2D eigenvalue weighted by molar-refractivity contribution is 7.91. The molecule has 0 N–H and O–H groups in total. The molecule has 0 spiro atoms. The molecule has 22 heavy (non-hydrogen) atoms. The van der Waals surface area contributed by atoms with E-state index in [-0.39, 0.29) is 15.7 Å². The molecule has 0 saturated heterocycles. The van der Waals surface area contributed by atoms with E-state index in [0.29, 0.717) is 10.4 Å². The number of halogens is 2. The van der Waals surface area contributed by atoms with Gasteiger partial charge in [-0.25, -0.2) is 12.7 Å². The summed E-state index contributed by atoms with van der Waals surface area (Å²) in [5.74, 6) is -0.126. The highest BCUT2D eigenvalue weighted by Gasteiger charge is 2.43. The molecular formula is C13H11F2NO4S2. The zero-order valence-corrected chi connectivity index (χ0v) is 13.2. The number of benzene rings is 1. The molecule has 1 aliphatic heterocycles. The van der Waals surface area contributed by atoms with Crippen molar-refractivity contribution in [1.82, 2.24) is 4.31 Å². The Kier molecular flexibility index (Phi) is 3.38. The number of fused-ring (bicyclic) bond motifs is 1. The molecule has 0 aliphatic carbocycles. The summed E-state index contributed by atoms with van der Waals surface area (Å²) in [6.45, 7) is 0. The molecule has 9 heteroatoms. The molecule has 1 aromatic heterocycles. The largest absolute Gasteiger partial charge is 0.586 e. The molecule has 0 atom stereocenters. The maximum atomic E-state index is 13.0. The van der Waals surface area contributed by atoms with Crippen LogP contribution in [0.1, 0.15) is 0 Å². The Hall–Kier alpha value is -1.71. The summed E-state index contributed by atoms with van der Waals surface area (Å²) in [5, 5.41) is 0. The normalized spacial score (nSPS) is 16.2. The Morgan fingerprint density at radius 1 is 1.09 bits per heavy atom. The molecule has 2 aromatic rings. The zero-order chi connectivity index (χ0) is 16.1. The first-order chi connectivity index (χ1) is 10.2. The van der Waals surface area contributed by atoms with Crippen molar-refractivity contribution in [2.75, 3.05) is 14.1 Å². The van der Waals surface area contributed by atoms with E-state index in [1.165, 1.54) is 32.3 Å². The van der Waals surface area contributed by atoms with Gasteiger partial charge in [0, 0.05) is 19.0 Å². The van der Waals surface area contributed by atoms with E-state index in [2.05, 4.69) is 9.47 Å². The Morgan fingerprint density at radius 3 is 2.45 bits per heavy atom. The molecule has 2 heterocycles. The topological polar surface area (TPSA) is 55.8 Å².